The van der Waals surface area contributed by atoms with Crippen LogP contribution in [0.1, 0.15) is 34.1 Å². The second-order valence-electron chi connectivity index (χ2n) is 8.04. The first-order chi connectivity index (χ1) is 14.2. The van der Waals surface area contributed by atoms with Crippen molar-refractivity contribution < 1.29 is 23.5 Å². The van der Waals surface area contributed by atoms with Crippen molar-refractivity contribution in [1.82, 2.24) is 0 Å². The smallest absolute Gasteiger partial charge is 0.122 e. The van der Waals surface area contributed by atoms with Gasteiger partial charge in [0.25, 0.3) is 0 Å². The van der Waals surface area contributed by atoms with Crippen LogP contribution in [0.15, 0.2) is 48.5 Å². The van der Waals surface area contributed by atoms with E-state index in [4.69, 9.17) is 18.9 Å². The van der Waals surface area contributed by atoms with Crippen LogP contribution >= 0.6 is 8.46 Å². The van der Waals surface area contributed by atoms with Crippen molar-refractivity contribution in [2.24, 2.45) is 11.3 Å². The molecule has 0 aliphatic heterocycles. The highest BCUT2D eigenvalue weighted by atomic mass is 31.1. The number of ether oxygens (including phenoxy) is 4. The average molecular weight is 439 g/mol. The lowest BCUT2D eigenvalue weighted by atomic mass is 9.86. The maximum absolute atomic E-state index is 10.3. The molecule has 0 saturated carbocycles. The van der Waals surface area contributed by atoms with E-state index in [-0.39, 0.29) is 0 Å². The van der Waals surface area contributed by atoms with Gasteiger partial charge in [-0.3, -0.25) is 0 Å². The standard InChI is InChI=1S/2C8H10O2.C8H19OP/c2*1-9-7-4-3-5-8(6-7)10-2;1-7(6-10-9)5-8(2,3)4/h2*3-6H,1-2H3;7H,5-6,10H2,1-4H3. The quantitative estimate of drug-likeness (QED) is 0.480. The molecule has 2 aromatic carbocycles. The molecular formula is C24H39O5P. The van der Waals surface area contributed by atoms with E-state index in [9.17, 15) is 4.57 Å². The van der Waals surface area contributed by atoms with Gasteiger partial charge in [-0.05, 0) is 48.2 Å². The van der Waals surface area contributed by atoms with Crippen LogP contribution in [0.25, 0.3) is 0 Å². The van der Waals surface area contributed by atoms with E-state index in [1.165, 1.54) is 6.42 Å². The number of rotatable bonds is 7. The first kappa shape index (κ1) is 27.9. The third-order valence-corrected chi connectivity index (χ3v) is 5.01. The van der Waals surface area contributed by atoms with Crippen LogP contribution in [0.3, 0.4) is 0 Å². The Kier molecular flexibility index (Phi) is 14.6. The predicted molar refractivity (Wildman–Crippen MR) is 128 cm³/mol. The molecule has 2 unspecified atom stereocenters. The van der Waals surface area contributed by atoms with Crippen molar-refractivity contribution in [3.63, 3.8) is 0 Å². The summed E-state index contributed by atoms with van der Waals surface area (Å²) in [5.74, 6) is 3.91. The van der Waals surface area contributed by atoms with Gasteiger partial charge in [-0.2, -0.15) is 0 Å². The van der Waals surface area contributed by atoms with Crippen molar-refractivity contribution >= 4 is 8.46 Å². The molecule has 2 atom stereocenters. The minimum Gasteiger partial charge on any atom is -0.497 e. The Bertz CT molecular complexity index is 627. The Balaban J connectivity index is 0.000000420. The molecule has 0 aliphatic carbocycles. The zero-order chi connectivity index (χ0) is 23.0. The van der Waals surface area contributed by atoms with Crippen molar-refractivity contribution in [3.05, 3.63) is 48.5 Å². The molecular weight excluding hydrogens is 399 g/mol. The summed E-state index contributed by atoms with van der Waals surface area (Å²) in [4.78, 5) is 0. The van der Waals surface area contributed by atoms with Gasteiger partial charge in [-0.15, -0.1) is 0 Å². The average Bonchev–Trinajstić information content (AvgIpc) is 2.73. The SMILES string of the molecule is CC(C[PH2]=O)CC(C)(C)C.COc1cccc(OC)c1.COc1cccc(OC)c1. The molecule has 0 aliphatic rings. The van der Waals surface area contributed by atoms with Crippen LogP contribution in [0.5, 0.6) is 23.0 Å². The lowest BCUT2D eigenvalue weighted by molar-refractivity contribution is 0.322. The molecule has 0 N–H and O–H groups in total. The lowest BCUT2D eigenvalue weighted by Gasteiger charge is -2.21. The number of hydrogen-bond donors (Lipinski definition) is 0. The van der Waals surface area contributed by atoms with Crippen LogP contribution in [0.2, 0.25) is 0 Å². The Morgan fingerprint density at radius 1 is 0.767 bits per heavy atom. The summed E-state index contributed by atoms with van der Waals surface area (Å²) in [5, 5.41) is 0. The van der Waals surface area contributed by atoms with Gasteiger partial charge in [0.15, 0.2) is 0 Å². The van der Waals surface area contributed by atoms with Crippen molar-refractivity contribution in [1.29, 1.82) is 0 Å². The number of methoxy groups -OCH3 is 4. The lowest BCUT2D eigenvalue weighted by Crippen LogP contribution is -2.11. The maximum Gasteiger partial charge on any atom is 0.122 e. The highest BCUT2D eigenvalue weighted by Crippen LogP contribution is 2.25. The van der Waals surface area contributed by atoms with Crippen LogP contribution in [0, 0.1) is 11.3 Å². The molecule has 0 radical (unpaired) electrons. The van der Waals surface area contributed by atoms with Gasteiger partial charge in [-0.1, -0.05) is 39.8 Å². The van der Waals surface area contributed by atoms with Crippen LogP contribution in [-0.2, 0) is 4.57 Å². The molecule has 0 bridgehead atoms. The zero-order valence-corrected chi connectivity index (χ0v) is 20.9. The number of hydrogen-bond acceptors (Lipinski definition) is 5. The molecule has 0 saturated heterocycles. The molecule has 5 nitrogen and oxygen atoms in total. The normalized spacial score (nSPS) is 11.5. The third kappa shape index (κ3) is 13.9. The fourth-order valence-corrected chi connectivity index (χ4v) is 3.24. The molecule has 0 fully saturated rings. The molecule has 2 rings (SSSR count). The van der Waals surface area contributed by atoms with Gasteiger partial charge < -0.3 is 23.5 Å². The van der Waals surface area contributed by atoms with E-state index in [0.717, 1.165) is 29.2 Å². The molecule has 0 spiro atoms. The molecule has 0 heterocycles. The fraction of sp³-hybridized carbons (Fsp3) is 0.500. The second kappa shape index (κ2) is 15.7. The van der Waals surface area contributed by atoms with Crippen molar-refractivity contribution in [2.75, 3.05) is 34.6 Å². The fourth-order valence-electron chi connectivity index (χ4n) is 2.75. The minimum absolute atomic E-state index is 0.397. The summed E-state index contributed by atoms with van der Waals surface area (Å²) < 4.78 is 30.2. The molecule has 170 valence electrons. The van der Waals surface area contributed by atoms with E-state index < -0.39 is 8.46 Å². The van der Waals surface area contributed by atoms with Crippen LogP contribution in [0.4, 0.5) is 0 Å². The molecule has 30 heavy (non-hydrogen) atoms. The number of benzene rings is 2. The molecule has 2 aromatic rings. The van der Waals surface area contributed by atoms with E-state index >= 15 is 0 Å². The highest BCUT2D eigenvalue weighted by Gasteiger charge is 2.14. The minimum atomic E-state index is -0.539. The van der Waals surface area contributed by atoms with Gasteiger partial charge in [0.05, 0.1) is 36.9 Å². The Hall–Kier alpha value is -2.13. The zero-order valence-electron chi connectivity index (χ0n) is 19.7. The molecule has 6 heteroatoms. The summed E-state index contributed by atoms with van der Waals surface area (Å²) in [6, 6.07) is 14.9. The van der Waals surface area contributed by atoms with Gasteiger partial charge in [0.2, 0.25) is 0 Å². The Morgan fingerprint density at radius 2 is 1.10 bits per heavy atom. The Morgan fingerprint density at radius 3 is 1.33 bits per heavy atom. The largest absolute Gasteiger partial charge is 0.497 e. The van der Waals surface area contributed by atoms with Gasteiger partial charge in [0.1, 0.15) is 23.0 Å². The summed E-state index contributed by atoms with van der Waals surface area (Å²) >= 11 is 0. The summed E-state index contributed by atoms with van der Waals surface area (Å²) in [6.07, 6.45) is 2.10. The monoisotopic (exact) mass is 438 g/mol. The predicted octanol–water partition coefficient (Wildman–Crippen LogP) is 6.22. The van der Waals surface area contributed by atoms with Crippen molar-refractivity contribution in [2.45, 2.75) is 34.1 Å². The van der Waals surface area contributed by atoms with Crippen LogP contribution < -0.4 is 18.9 Å². The first-order valence-corrected chi connectivity index (χ1v) is 11.3. The van der Waals surface area contributed by atoms with E-state index in [1.807, 2.05) is 48.5 Å². The van der Waals surface area contributed by atoms with Crippen LogP contribution in [-0.4, -0.2) is 34.6 Å². The van der Waals surface area contributed by atoms with E-state index in [1.54, 1.807) is 28.4 Å². The Labute approximate surface area is 183 Å². The van der Waals surface area contributed by atoms with Gasteiger partial charge in [-0.25, -0.2) is 0 Å². The van der Waals surface area contributed by atoms with E-state index in [0.29, 0.717) is 11.3 Å². The topological polar surface area (TPSA) is 54.0 Å². The summed E-state index contributed by atoms with van der Waals surface area (Å²) in [7, 11) is 6.00. The second-order valence-corrected chi connectivity index (χ2v) is 8.84. The van der Waals surface area contributed by atoms with E-state index in [2.05, 4.69) is 27.7 Å². The van der Waals surface area contributed by atoms with Crippen molar-refractivity contribution in [3.8, 4) is 23.0 Å². The van der Waals surface area contributed by atoms with Gasteiger partial charge >= 0.3 is 0 Å². The summed E-state index contributed by atoms with van der Waals surface area (Å²) in [5.41, 5.74) is 0.397. The third-order valence-electron chi connectivity index (χ3n) is 4.01. The van der Waals surface area contributed by atoms with Gasteiger partial charge in [0, 0.05) is 12.1 Å². The molecule has 0 amide bonds. The first-order valence-electron chi connectivity index (χ1n) is 9.98. The molecule has 0 aromatic heterocycles. The maximum atomic E-state index is 10.3. The highest BCUT2D eigenvalue weighted by molar-refractivity contribution is 7.23. The summed E-state index contributed by atoms with van der Waals surface area (Å²) in [6.45, 7) is 8.85.